The van der Waals surface area contributed by atoms with Crippen LogP contribution in [0.15, 0.2) is 24.3 Å². The van der Waals surface area contributed by atoms with E-state index in [-0.39, 0.29) is 23.2 Å². The number of carbonyl (C=O) groups is 1. The van der Waals surface area contributed by atoms with Gasteiger partial charge in [0, 0.05) is 32.0 Å². The minimum Gasteiger partial charge on any atom is -0.378 e. The van der Waals surface area contributed by atoms with Crippen molar-refractivity contribution in [2.24, 2.45) is 29.6 Å². The Morgan fingerprint density at radius 2 is 1.67 bits per heavy atom. The van der Waals surface area contributed by atoms with Crippen LogP contribution in [0.1, 0.15) is 44.6 Å². The molecular weight excluding hydrogens is 341 g/mol. The van der Waals surface area contributed by atoms with Crippen molar-refractivity contribution in [2.45, 2.75) is 50.5 Å². The van der Waals surface area contributed by atoms with Gasteiger partial charge in [-0.3, -0.25) is 4.79 Å². The SMILES string of the molecule is COC1CN(C(=O)CC2(c3ccc(F)cc3)C3CC4CC2CC(C3)C4C)C1. The van der Waals surface area contributed by atoms with Crippen molar-refractivity contribution in [1.29, 1.82) is 0 Å². The van der Waals surface area contributed by atoms with Crippen LogP contribution in [-0.4, -0.2) is 37.1 Å². The summed E-state index contributed by atoms with van der Waals surface area (Å²) < 4.78 is 19.0. The van der Waals surface area contributed by atoms with E-state index < -0.39 is 0 Å². The van der Waals surface area contributed by atoms with Crippen LogP contribution in [-0.2, 0) is 14.9 Å². The highest BCUT2D eigenvalue weighted by atomic mass is 19.1. The summed E-state index contributed by atoms with van der Waals surface area (Å²) in [5, 5.41) is 0. The molecule has 1 saturated heterocycles. The molecule has 5 fully saturated rings. The lowest BCUT2D eigenvalue weighted by atomic mass is 9.41. The first kappa shape index (κ1) is 17.7. The highest BCUT2D eigenvalue weighted by molar-refractivity contribution is 5.79. The van der Waals surface area contributed by atoms with E-state index in [1.54, 1.807) is 19.2 Å². The van der Waals surface area contributed by atoms with Crippen molar-refractivity contribution in [1.82, 2.24) is 4.90 Å². The smallest absolute Gasteiger partial charge is 0.223 e. The van der Waals surface area contributed by atoms with Crippen LogP contribution in [0, 0.1) is 35.4 Å². The highest BCUT2D eigenvalue weighted by Gasteiger charge is 2.60. The van der Waals surface area contributed by atoms with Gasteiger partial charge >= 0.3 is 0 Å². The van der Waals surface area contributed by atoms with Gasteiger partial charge in [0.25, 0.3) is 0 Å². The number of ether oxygens (including phenoxy) is 1. The molecule has 0 radical (unpaired) electrons. The number of likely N-dealkylation sites (tertiary alicyclic amines) is 1. The molecule has 0 unspecified atom stereocenters. The topological polar surface area (TPSA) is 29.5 Å². The van der Waals surface area contributed by atoms with Gasteiger partial charge in [0.05, 0.1) is 6.10 Å². The van der Waals surface area contributed by atoms with Crippen molar-refractivity contribution in [3.05, 3.63) is 35.6 Å². The van der Waals surface area contributed by atoms with Gasteiger partial charge in [-0.15, -0.1) is 0 Å². The van der Waals surface area contributed by atoms with Gasteiger partial charge in [-0.1, -0.05) is 19.1 Å². The van der Waals surface area contributed by atoms with E-state index in [0.717, 1.165) is 17.8 Å². The number of amides is 1. The number of methoxy groups -OCH3 is 1. The van der Waals surface area contributed by atoms with Gasteiger partial charge < -0.3 is 9.64 Å². The fraction of sp³-hybridized carbons (Fsp3) is 0.696. The summed E-state index contributed by atoms with van der Waals surface area (Å²) >= 11 is 0. The number of halogens is 1. The van der Waals surface area contributed by atoms with Crippen molar-refractivity contribution in [3.8, 4) is 0 Å². The van der Waals surface area contributed by atoms with Gasteiger partial charge in [-0.2, -0.15) is 0 Å². The van der Waals surface area contributed by atoms with Crippen molar-refractivity contribution >= 4 is 5.91 Å². The number of rotatable bonds is 4. The molecule has 6 rings (SSSR count). The van der Waals surface area contributed by atoms with E-state index in [1.807, 2.05) is 17.0 Å². The molecule has 27 heavy (non-hydrogen) atoms. The van der Waals surface area contributed by atoms with Gasteiger partial charge in [0.1, 0.15) is 5.82 Å². The van der Waals surface area contributed by atoms with E-state index in [0.29, 0.717) is 31.3 Å². The zero-order valence-corrected chi connectivity index (χ0v) is 16.4. The molecule has 1 aliphatic heterocycles. The number of hydrogen-bond donors (Lipinski definition) is 0. The molecule has 1 aromatic rings. The van der Waals surface area contributed by atoms with Crippen molar-refractivity contribution in [3.63, 3.8) is 0 Å². The molecule has 0 N–H and O–H groups in total. The van der Waals surface area contributed by atoms with Crippen LogP contribution in [0.25, 0.3) is 0 Å². The molecule has 1 aromatic carbocycles. The summed E-state index contributed by atoms with van der Waals surface area (Å²) in [7, 11) is 1.71. The maximum absolute atomic E-state index is 13.6. The van der Waals surface area contributed by atoms with Gasteiger partial charge in [-0.25, -0.2) is 4.39 Å². The van der Waals surface area contributed by atoms with E-state index in [1.165, 1.54) is 31.2 Å². The average molecular weight is 371 g/mol. The quantitative estimate of drug-likeness (QED) is 0.800. The summed E-state index contributed by atoms with van der Waals surface area (Å²) in [5.74, 6) is 3.65. The fourth-order valence-corrected chi connectivity index (χ4v) is 7.04. The third-order valence-corrected chi connectivity index (χ3v) is 8.65. The monoisotopic (exact) mass is 371 g/mol. The Balaban J connectivity index is 1.48. The molecule has 1 amide bonds. The maximum atomic E-state index is 13.6. The summed E-state index contributed by atoms with van der Waals surface area (Å²) in [6, 6.07) is 7.09. The van der Waals surface area contributed by atoms with Crippen LogP contribution in [0.3, 0.4) is 0 Å². The largest absolute Gasteiger partial charge is 0.378 e. The fourth-order valence-electron chi connectivity index (χ4n) is 7.04. The summed E-state index contributed by atoms with van der Waals surface area (Å²) in [6.45, 7) is 3.86. The molecule has 0 aromatic heterocycles. The minimum absolute atomic E-state index is 0.101. The number of benzene rings is 1. The second-order valence-corrected chi connectivity index (χ2v) is 9.60. The molecule has 1 heterocycles. The van der Waals surface area contributed by atoms with E-state index in [4.69, 9.17) is 4.74 Å². The summed E-state index contributed by atoms with van der Waals surface area (Å²) in [6.07, 6.45) is 5.71. The van der Waals surface area contributed by atoms with E-state index >= 15 is 0 Å². The zero-order chi connectivity index (χ0) is 18.8. The van der Waals surface area contributed by atoms with E-state index in [2.05, 4.69) is 6.92 Å². The molecule has 5 aliphatic rings. The van der Waals surface area contributed by atoms with Gasteiger partial charge in [0.2, 0.25) is 5.91 Å². The lowest BCUT2D eigenvalue weighted by molar-refractivity contribution is -0.152. The third-order valence-electron chi connectivity index (χ3n) is 8.65. The van der Waals surface area contributed by atoms with Gasteiger partial charge in [0.15, 0.2) is 0 Å². The van der Waals surface area contributed by atoms with Crippen LogP contribution >= 0.6 is 0 Å². The number of hydrogen-bond acceptors (Lipinski definition) is 2. The first-order valence-corrected chi connectivity index (χ1v) is 10.6. The van der Waals surface area contributed by atoms with Crippen LogP contribution in [0.4, 0.5) is 4.39 Å². The first-order valence-electron chi connectivity index (χ1n) is 10.6. The first-order chi connectivity index (χ1) is 13.0. The lowest BCUT2D eigenvalue weighted by Gasteiger charge is -2.64. The van der Waals surface area contributed by atoms with E-state index in [9.17, 15) is 9.18 Å². The molecular formula is C23H30FNO2. The normalized spacial score (nSPS) is 40.3. The third kappa shape index (κ3) is 2.59. The predicted octanol–water partition coefficient (Wildman–Crippen LogP) is 4.01. The molecule has 4 saturated carbocycles. The average Bonchev–Trinajstić information content (AvgIpc) is 2.59. The summed E-state index contributed by atoms with van der Waals surface area (Å²) in [5.41, 5.74) is 1.10. The second kappa shape index (κ2) is 6.30. The predicted molar refractivity (Wildman–Crippen MR) is 102 cm³/mol. The molecule has 146 valence electrons. The molecule has 3 nitrogen and oxygen atoms in total. The minimum atomic E-state index is -0.191. The van der Waals surface area contributed by atoms with Crippen molar-refractivity contribution in [2.75, 3.05) is 20.2 Å². The van der Waals surface area contributed by atoms with Crippen LogP contribution in [0.2, 0.25) is 0 Å². The Hall–Kier alpha value is -1.42. The molecule has 4 heteroatoms. The zero-order valence-electron chi connectivity index (χ0n) is 16.4. The Bertz CT molecular complexity index is 694. The number of carbonyl (C=O) groups excluding carboxylic acids is 1. The van der Waals surface area contributed by atoms with Crippen LogP contribution < -0.4 is 0 Å². The standard InChI is InChI=1S/C23H30FNO2/c1-14-15-7-18-9-16(14)10-19(8-15)23(18,17-3-5-20(24)6-4-17)11-22(26)25-12-21(13-25)27-2/h3-6,14-16,18-19,21H,7-13H2,1-2H3. The Labute approximate surface area is 161 Å². The molecule has 4 bridgehead atoms. The maximum Gasteiger partial charge on any atom is 0.223 e. The van der Waals surface area contributed by atoms with Gasteiger partial charge in [-0.05, 0) is 73.0 Å². The van der Waals surface area contributed by atoms with Crippen molar-refractivity contribution < 1.29 is 13.9 Å². The molecule has 0 atom stereocenters. The molecule has 0 spiro atoms. The number of nitrogens with zero attached hydrogens (tertiary/aromatic N) is 1. The Morgan fingerprint density at radius 3 is 2.19 bits per heavy atom. The Kier molecular flexibility index (Phi) is 4.12. The lowest BCUT2D eigenvalue weighted by Crippen LogP contribution is -2.61. The Morgan fingerprint density at radius 1 is 1.11 bits per heavy atom. The molecule has 4 aliphatic carbocycles. The highest BCUT2D eigenvalue weighted by Crippen LogP contribution is 2.65. The summed E-state index contributed by atoms with van der Waals surface area (Å²) in [4.78, 5) is 15.1. The second-order valence-electron chi connectivity index (χ2n) is 9.60. The van der Waals surface area contributed by atoms with Crippen LogP contribution in [0.5, 0.6) is 0 Å².